The highest BCUT2D eigenvalue weighted by atomic mass is 16.5. The van der Waals surface area contributed by atoms with Crippen LogP contribution in [0.2, 0.25) is 0 Å². The summed E-state index contributed by atoms with van der Waals surface area (Å²) in [6.07, 6.45) is 9.18. The van der Waals surface area contributed by atoms with Crippen molar-refractivity contribution in [1.29, 1.82) is 0 Å². The molecule has 2 aromatic rings. The van der Waals surface area contributed by atoms with Crippen molar-refractivity contribution in [2.45, 2.75) is 45.4 Å². The molecule has 4 nitrogen and oxygen atoms in total. The number of ether oxygens (including phenoxy) is 2. The number of Topliss-reactive ketones (excluding diaryl/α,β-unsaturated/α-hetero) is 1. The van der Waals surface area contributed by atoms with Crippen molar-refractivity contribution >= 4 is 17.5 Å². The number of fused-ring (bicyclic) bond motifs is 1. The number of hydrogen-bond donors (Lipinski definition) is 0. The Kier molecular flexibility index (Phi) is 7.34. The van der Waals surface area contributed by atoms with Crippen molar-refractivity contribution in [3.05, 3.63) is 59.4 Å². The Morgan fingerprint density at radius 2 is 1.69 bits per heavy atom. The van der Waals surface area contributed by atoms with E-state index in [-0.39, 0.29) is 5.78 Å². The number of ketones is 1. The van der Waals surface area contributed by atoms with Crippen molar-refractivity contribution in [3.63, 3.8) is 0 Å². The van der Waals surface area contributed by atoms with Crippen molar-refractivity contribution in [2.24, 2.45) is 0 Å². The van der Waals surface area contributed by atoms with Crippen LogP contribution in [0.4, 0.5) is 5.69 Å². The molecule has 0 aromatic heterocycles. The maximum Gasteiger partial charge on any atom is 0.231 e. The molecule has 0 saturated heterocycles. The molecule has 0 aliphatic carbocycles. The van der Waals surface area contributed by atoms with Crippen LogP contribution in [-0.2, 0) is 0 Å². The Balaban J connectivity index is 1.57. The van der Waals surface area contributed by atoms with E-state index in [1.165, 1.54) is 32.1 Å². The molecule has 1 aliphatic rings. The molecule has 0 spiro atoms. The van der Waals surface area contributed by atoms with E-state index < -0.39 is 0 Å². The summed E-state index contributed by atoms with van der Waals surface area (Å²) in [5.74, 6) is 1.60. The summed E-state index contributed by atoms with van der Waals surface area (Å²) < 4.78 is 11.7. The second-order valence-electron chi connectivity index (χ2n) is 7.70. The lowest BCUT2D eigenvalue weighted by atomic mass is 10.1. The van der Waals surface area contributed by atoms with Crippen LogP contribution >= 0.6 is 0 Å². The Labute approximate surface area is 174 Å². The van der Waals surface area contributed by atoms with Gasteiger partial charge in [0, 0.05) is 25.8 Å². The zero-order valence-corrected chi connectivity index (χ0v) is 17.7. The van der Waals surface area contributed by atoms with Gasteiger partial charge in [-0.15, -0.1) is 0 Å². The van der Waals surface area contributed by atoms with E-state index in [1.54, 1.807) is 12.1 Å². The summed E-state index contributed by atoms with van der Waals surface area (Å²) in [5, 5.41) is 0. The second-order valence-corrected chi connectivity index (χ2v) is 7.70. The number of nitrogens with zero attached hydrogens (tertiary/aromatic N) is 1. The molecule has 0 fully saturated rings. The summed E-state index contributed by atoms with van der Waals surface area (Å²) in [7, 11) is 4.00. The van der Waals surface area contributed by atoms with Crippen LogP contribution in [-0.4, -0.2) is 26.5 Å². The molecule has 29 heavy (non-hydrogen) atoms. The lowest BCUT2D eigenvalue weighted by molar-refractivity contribution is 0.101. The van der Waals surface area contributed by atoms with E-state index in [1.807, 2.05) is 55.4 Å². The van der Waals surface area contributed by atoms with Crippen molar-refractivity contribution in [2.75, 3.05) is 25.6 Å². The monoisotopic (exact) mass is 393 g/mol. The molecule has 0 unspecified atom stereocenters. The highest BCUT2D eigenvalue weighted by molar-refractivity contribution is 6.14. The summed E-state index contributed by atoms with van der Waals surface area (Å²) in [4.78, 5) is 14.7. The first-order valence-electron chi connectivity index (χ1n) is 10.6. The van der Waals surface area contributed by atoms with Crippen LogP contribution in [0.5, 0.6) is 11.5 Å². The number of rotatable bonds is 10. The number of carbonyl (C=O) groups excluding carboxylic acids is 1. The molecule has 1 aliphatic heterocycles. The summed E-state index contributed by atoms with van der Waals surface area (Å²) in [6.45, 7) is 2.92. The van der Waals surface area contributed by atoms with Gasteiger partial charge in [0.1, 0.15) is 11.5 Å². The third-order valence-corrected chi connectivity index (χ3v) is 5.12. The van der Waals surface area contributed by atoms with Crippen LogP contribution < -0.4 is 14.4 Å². The van der Waals surface area contributed by atoms with Gasteiger partial charge in [-0.25, -0.2) is 0 Å². The Hall–Kier alpha value is -2.75. The fourth-order valence-corrected chi connectivity index (χ4v) is 3.35. The minimum Gasteiger partial charge on any atom is -0.493 e. The van der Waals surface area contributed by atoms with E-state index in [0.29, 0.717) is 23.7 Å². The van der Waals surface area contributed by atoms with Gasteiger partial charge in [-0.2, -0.15) is 0 Å². The van der Waals surface area contributed by atoms with Gasteiger partial charge in [0.25, 0.3) is 0 Å². The quantitative estimate of drug-likeness (QED) is 0.361. The molecule has 154 valence electrons. The standard InChI is InChI=1S/C25H31NO3/c1-4-5-6-7-8-9-16-28-21-14-15-22-23(18-21)29-24(25(22)27)17-19-10-12-20(13-11-19)26(2)3/h10-15,17-18H,4-9,16H2,1-3H3/b24-17-. The average Bonchev–Trinajstić information content (AvgIpc) is 3.02. The number of carbonyl (C=O) groups is 1. The third kappa shape index (κ3) is 5.63. The van der Waals surface area contributed by atoms with Gasteiger partial charge in [0.2, 0.25) is 5.78 Å². The van der Waals surface area contributed by atoms with Gasteiger partial charge in [0.15, 0.2) is 5.76 Å². The number of anilines is 1. The largest absolute Gasteiger partial charge is 0.493 e. The van der Waals surface area contributed by atoms with Crippen LogP contribution in [0.1, 0.15) is 61.4 Å². The zero-order chi connectivity index (χ0) is 20.6. The zero-order valence-electron chi connectivity index (χ0n) is 17.7. The summed E-state index contributed by atoms with van der Waals surface area (Å²) >= 11 is 0. The topological polar surface area (TPSA) is 38.8 Å². The van der Waals surface area contributed by atoms with Crippen molar-refractivity contribution in [1.82, 2.24) is 0 Å². The number of allylic oxidation sites excluding steroid dienone is 1. The fraction of sp³-hybridized carbons (Fsp3) is 0.400. The Morgan fingerprint density at radius 1 is 0.966 bits per heavy atom. The Bertz CT molecular complexity index is 853. The predicted molar refractivity (Wildman–Crippen MR) is 119 cm³/mol. The van der Waals surface area contributed by atoms with E-state index in [4.69, 9.17) is 9.47 Å². The molecular formula is C25H31NO3. The van der Waals surface area contributed by atoms with Gasteiger partial charge in [-0.1, -0.05) is 51.2 Å². The number of hydrogen-bond acceptors (Lipinski definition) is 4. The van der Waals surface area contributed by atoms with Gasteiger partial charge >= 0.3 is 0 Å². The molecule has 1 heterocycles. The first-order valence-corrected chi connectivity index (χ1v) is 10.6. The van der Waals surface area contributed by atoms with Crippen LogP contribution in [0.3, 0.4) is 0 Å². The molecule has 0 radical (unpaired) electrons. The molecule has 0 amide bonds. The maximum absolute atomic E-state index is 12.6. The first kappa shape index (κ1) is 21.0. The molecule has 0 atom stereocenters. The van der Waals surface area contributed by atoms with E-state index >= 15 is 0 Å². The average molecular weight is 394 g/mol. The molecule has 0 bridgehead atoms. The van der Waals surface area contributed by atoms with Gasteiger partial charge in [-0.3, -0.25) is 4.79 Å². The molecule has 2 aromatic carbocycles. The normalized spacial score (nSPS) is 14.0. The van der Waals surface area contributed by atoms with Crippen molar-refractivity contribution < 1.29 is 14.3 Å². The highest BCUT2D eigenvalue weighted by Gasteiger charge is 2.27. The van der Waals surface area contributed by atoms with E-state index in [9.17, 15) is 4.79 Å². The van der Waals surface area contributed by atoms with Gasteiger partial charge in [-0.05, 0) is 42.3 Å². The molecule has 0 N–H and O–H groups in total. The van der Waals surface area contributed by atoms with Gasteiger partial charge < -0.3 is 14.4 Å². The molecule has 4 heteroatoms. The van der Waals surface area contributed by atoms with E-state index in [2.05, 4.69) is 6.92 Å². The van der Waals surface area contributed by atoms with Crippen LogP contribution in [0.15, 0.2) is 48.2 Å². The summed E-state index contributed by atoms with van der Waals surface area (Å²) in [5.41, 5.74) is 2.64. The van der Waals surface area contributed by atoms with Crippen molar-refractivity contribution in [3.8, 4) is 11.5 Å². The minimum absolute atomic E-state index is 0.0841. The van der Waals surface area contributed by atoms with E-state index in [0.717, 1.165) is 23.4 Å². The highest BCUT2D eigenvalue weighted by Crippen LogP contribution is 2.35. The molecule has 0 saturated carbocycles. The number of unbranched alkanes of at least 4 members (excludes halogenated alkanes) is 5. The number of benzene rings is 2. The van der Waals surface area contributed by atoms with Crippen LogP contribution in [0.25, 0.3) is 6.08 Å². The molecule has 3 rings (SSSR count). The predicted octanol–water partition coefficient (Wildman–Crippen LogP) is 6.11. The third-order valence-electron chi connectivity index (χ3n) is 5.12. The minimum atomic E-state index is -0.0841. The smallest absolute Gasteiger partial charge is 0.231 e. The Morgan fingerprint density at radius 3 is 2.41 bits per heavy atom. The summed E-state index contributed by atoms with van der Waals surface area (Å²) in [6, 6.07) is 13.5. The lowest BCUT2D eigenvalue weighted by Crippen LogP contribution is -2.08. The van der Waals surface area contributed by atoms with Crippen LogP contribution in [0, 0.1) is 0 Å². The maximum atomic E-state index is 12.6. The lowest BCUT2D eigenvalue weighted by Gasteiger charge is -2.11. The fourth-order valence-electron chi connectivity index (χ4n) is 3.35. The first-order chi connectivity index (χ1) is 14.1. The molecular weight excluding hydrogens is 362 g/mol. The second kappa shape index (κ2) is 10.1. The SMILES string of the molecule is CCCCCCCCOc1ccc2c(c1)O/C(=C\c1ccc(N(C)C)cc1)C2=O. The van der Waals surface area contributed by atoms with Gasteiger partial charge in [0.05, 0.1) is 12.2 Å².